The molecule has 1 heterocycles. The van der Waals surface area contributed by atoms with Gasteiger partial charge in [-0.2, -0.15) is 0 Å². The minimum atomic E-state index is -4.04. The summed E-state index contributed by atoms with van der Waals surface area (Å²) < 4.78 is 60.6. The number of nitrogens with two attached hydrogens (primary N) is 2. The third-order valence-corrected chi connectivity index (χ3v) is 9.34. The molecule has 0 aliphatic carbocycles. The van der Waals surface area contributed by atoms with Crippen molar-refractivity contribution in [2.45, 2.75) is 63.1 Å². The number of aliphatic hydroxyl groups excluding tert-OH is 1. The summed E-state index contributed by atoms with van der Waals surface area (Å²) in [5, 5.41) is 15.7. The van der Waals surface area contributed by atoms with E-state index in [0.29, 0.717) is 39.4 Å². The quantitative estimate of drug-likeness (QED) is 0.108. The molecule has 1 amide bonds. The summed E-state index contributed by atoms with van der Waals surface area (Å²) in [6.45, 7) is 5.17. The molecule has 0 saturated heterocycles. The number of methoxy groups -OCH3 is 1. The first kappa shape index (κ1) is 33.8. The molecule has 1 unspecified atom stereocenters. The standard InChI is InChI=1S/C28H36F2N6O5S2/c1-15-12-23(41-4)16(2)17(3)25(15)43(39,40)36-28(32)34-9-5-6-22(24(37)27-33-10-11-42-27)35-26(38)21(31)14-18-7-8-19(29)20(30)13-18/h7-8,10-13,21-22,24,37H,5-6,9,14,31H2,1-4H3,(H,35,38)(H3,32,34,36)/t21-,22-,24?/m0/s1. The normalized spacial score (nSPS) is 14.2. The zero-order chi connectivity index (χ0) is 31.9. The number of sulfonamides is 1. The van der Waals surface area contributed by atoms with Crippen molar-refractivity contribution in [2.24, 2.45) is 16.5 Å². The summed E-state index contributed by atoms with van der Waals surface area (Å²) in [6, 6.07) is 2.97. The number of aliphatic hydroxyl groups is 1. The van der Waals surface area contributed by atoms with Crippen LogP contribution in [0.1, 0.15) is 46.2 Å². The number of thiazole rings is 1. The molecule has 3 aromatic rings. The number of halogens is 2. The van der Waals surface area contributed by atoms with Gasteiger partial charge in [0, 0.05) is 18.1 Å². The molecule has 11 nitrogen and oxygen atoms in total. The number of aliphatic imine (C=N–C) groups is 1. The molecule has 1 aromatic heterocycles. The number of nitrogens with zero attached hydrogens (tertiary/aromatic N) is 2. The maximum atomic E-state index is 13.6. The number of carbonyl (C=O) groups is 1. The number of hydrogen-bond donors (Lipinski definition) is 5. The molecule has 43 heavy (non-hydrogen) atoms. The van der Waals surface area contributed by atoms with Crippen LogP contribution in [0.15, 0.2) is 45.7 Å². The number of ether oxygens (including phenoxy) is 1. The Balaban J connectivity index is 1.65. The summed E-state index contributed by atoms with van der Waals surface area (Å²) >= 11 is 1.20. The van der Waals surface area contributed by atoms with Crippen LogP contribution in [-0.2, 0) is 21.2 Å². The Morgan fingerprint density at radius 3 is 2.53 bits per heavy atom. The van der Waals surface area contributed by atoms with Crippen LogP contribution >= 0.6 is 11.3 Å². The number of aromatic nitrogens is 1. The summed E-state index contributed by atoms with van der Waals surface area (Å²) in [4.78, 5) is 21.2. The van der Waals surface area contributed by atoms with Gasteiger partial charge in [-0.25, -0.2) is 26.9 Å². The van der Waals surface area contributed by atoms with Gasteiger partial charge in [0.2, 0.25) is 11.9 Å². The van der Waals surface area contributed by atoms with E-state index in [9.17, 15) is 27.1 Å². The van der Waals surface area contributed by atoms with Gasteiger partial charge in [0.25, 0.3) is 10.0 Å². The Kier molecular flexibility index (Phi) is 11.6. The molecule has 0 bridgehead atoms. The zero-order valence-corrected chi connectivity index (χ0v) is 25.9. The number of nitrogens with one attached hydrogen (secondary N) is 2. The molecule has 3 rings (SSSR count). The predicted octanol–water partition coefficient (Wildman–Crippen LogP) is 2.52. The van der Waals surface area contributed by atoms with Crippen LogP contribution in [0.2, 0.25) is 0 Å². The number of rotatable bonds is 13. The largest absolute Gasteiger partial charge is 0.496 e. The maximum absolute atomic E-state index is 13.6. The lowest BCUT2D eigenvalue weighted by atomic mass is 10.0. The fraction of sp³-hybridized carbons (Fsp3) is 0.393. The van der Waals surface area contributed by atoms with Gasteiger partial charge in [-0.3, -0.25) is 9.79 Å². The Bertz CT molecular complexity index is 1570. The van der Waals surface area contributed by atoms with Gasteiger partial charge < -0.3 is 26.6 Å². The number of hydrogen-bond acceptors (Lipinski definition) is 9. The van der Waals surface area contributed by atoms with Gasteiger partial charge >= 0.3 is 0 Å². The molecule has 0 spiro atoms. The van der Waals surface area contributed by atoms with E-state index in [2.05, 4.69) is 20.0 Å². The molecule has 7 N–H and O–H groups in total. The van der Waals surface area contributed by atoms with Crippen LogP contribution in [0.25, 0.3) is 0 Å². The van der Waals surface area contributed by atoms with Crippen molar-refractivity contribution in [1.29, 1.82) is 0 Å². The molecule has 234 valence electrons. The number of amides is 1. The summed E-state index contributed by atoms with van der Waals surface area (Å²) in [5.74, 6) is -2.41. The Morgan fingerprint density at radius 2 is 1.91 bits per heavy atom. The van der Waals surface area contributed by atoms with Crippen LogP contribution in [-0.4, -0.2) is 56.1 Å². The van der Waals surface area contributed by atoms with Crippen LogP contribution in [0.5, 0.6) is 5.75 Å². The Labute approximate surface area is 253 Å². The highest BCUT2D eigenvalue weighted by molar-refractivity contribution is 7.90. The minimum absolute atomic E-state index is 0.0588. The topological polar surface area (TPSA) is 182 Å². The third kappa shape index (κ3) is 8.69. The summed E-state index contributed by atoms with van der Waals surface area (Å²) in [6.07, 6.45) is 0.805. The first-order valence-electron chi connectivity index (χ1n) is 13.3. The van der Waals surface area contributed by atoms with Crippen molar-refractivity contribution < 1.29 is 31.8 Å². The van der Waals surface area contributed by atoms with E-state index in [1.165, 1.54) is 30.7 Å². The van der Waals surface area contributed by atoms with E-state index in [1.807, 2.05) is 0 Å². The molecular formula is C28H36F2N6O5S2. The van der Waals surface area contributed by atoms with Gasteiger partial charge in [-0.05, 0) is 80.5 Å². The lowest BCUT2D eigenvalue weighted by molar-refractivity contribution is -0.124. The molecule has 0 radical (unpaired) electrons. The van der Waals surface area contributed by atoms with Crippen molar-refractivity contribution in [3.8, 4) is 5.75 Å². The van der Waals surface area contributed by atoms with Crippen molar-refractivity contribution in [3.05, 3.63) is 74.7 Å². The summed E-state index contributed by atoms with van der Waals surface area (Å²) in [5.41, 5.74) is 13.9. The fourth-order valence-electron chi connectivity index (χ4n) is 4.54. The van der Waals surface area contributed by atoms with Crippen LogP contribution < -0.4 is 26.2 Å². The average Bonchev–Trinajstić information content (AvgIpc) is 3.48. The zero-order valence-electron chi connectivity index (χ0n) is 24.2. The number of guanidine groups is 1. The minimum Gasteiger partial charge on any atom is -0.496 e. The Morgan fingerprint density at radius 1 is 1.19 bits per heavy atom. The molecule has 0 aliphatic heterocycles. The monoisotopic (exact) mass is 638 g/mol. The van der Waals surface area contributed by atoms with Crippen molar-refractivity contribution in [3.63, 3.8) is 0 Å². The van der Waals surface area contributed by atoms with Crippen LogP contribution in [0, 0.1) is 32.4 Å². The van der Waals surface area contributed by atoms with Gasteiger partial charge in [0.15, 0.2) is 11.6 Å². The maximum Gasteiger partial charge on any atom is 0.264 e. The molecule has 0 saturated carbocycles. The van der Waals surface area contributed by atoms with Crippen molar-refractivity contribution in [2.75, 3.05) is 13.7 Å². The SMILES string of the molecule is COc1cc(C)c(S(=O)(=O)NC(N)=NCCC[C@H](NC(=O)[C@@H](N)Cc2ccc(F)c(F)c2)C(O)c2nccs2)c(C)c1C. The van der Waals surface area contributed by atoms with E-state index < -0.39 is 45.8 Å². The van der Waals surface area contributed by atoms with Gasteiger partial charge in [-0.15, -0.1) is 11.3 Å². The van der Waals surface area contributed by atoms with Crippen molar-refractivity contribution in [1.82, 2.24) is 15.0 Å². The second kappa shape index (κ2) is 14.7. The second-order valence-corrected chi connectivity index (χ2v) is 12.5. The van der Waals surface area contributed by atoms with E-state index >= 15 is 0 Å². The van der Waals surface area contributed by atoms with Crippen molar-refractivity contribution >= 4 is 33.2 Å². The number of carbonyl (C=O) groups excluding carboxylic acids is 1. The lowest BCUT2D eigenvalue weighted by Crippen LogP contribution is -2.48. The van der Waals surface area contributed by atoms with Gasteiger partial charge in [0.05, 0.1) is 24.1 Å². The van der Waals surface area contributed by atoms with E-state index in [0.717, 1.165) is 12.1 Å². The van der Waals surface area contributed by atoms with Gasteiger partial charge in [-0.1, -0.05) is 6.07 Å². The molecular weight excluding hydrogens is 602 g/mol. The fourth-order valence-corrected chi connectivity index (χ4v) is 6.71. The summed E-state index contributed by atoms with van der Waals surface area (Å²) in [7, 11) is -2.54. The van der Waals surface area contributed by atoms with E-state index in [4.69, 9.17) is 16.2 Å². The molecule has 3 atom stereocenters. The lowest BCUT2D eigenvalue weighted by Gasteiger charge is -2.24. The predicted molar refractivity (Wildman–Crippen MR) is 160 cm³/mol. The van der Waals surface area contributed by atoms with Crippen LogP contribution in [0.4, 0.5) is 8.78 Å². The molecule has 2 aromatic carbocycles. The highest BCUT2D eigenvalue weighted by Gasteiger charge is 2.27. The smallest absolute Gasteiger partial charge is 0.264 e. The number of benzene rings is 2. The Hall–Kier alpha value is -3.66. The van der Waals surface area contributed by atoms with Gasteiger partial charge in [0.1, 0.15) is 16.9 Å². The van der Waals surface area contributed by atoms with E-state index in [-0.39, 0.29) is 30.2 Å². The molecule has 0 fully saturated rings. The van der Waals surface area contributed by atoms with E-state index in [1.54, 1.807) is 32.2 Å². The molecule has 15 heteroatoms. The molecule has 0 aliphatic rings. The first-order chi connectivity index (χ1) is 20.2. The second-order valence-electron chi connectivity index (χ2n) is 9.98. The van der Waals surface area contributed by atoms with Crippen LogP contribution in [0.3, 0.4) is 0 Å². The highest BCUT2D eigenvalue weighted by Crippen LogP contribution is 2.30. The highest BCUT2D eigenvalue weighted by atomic mass is 32.2. The third-order valence-electron chi connectivity index (χ3n) is 6.85. The number of aryl methyl sites for hydroxylation is 1. The average molecular weight is 639 g/mol. The first-order valence-corrected chi connectivity index (χ1v) is 15.7.